The van der Waals surface area contributed by atoms with E-state index in [1.807, 2.05) is 30.3 Å². The molecule has 0 unspecified atom stereocenters. The number of phenolic OH excluding ortho intramolecular Hbond substituents is 1. The smallest absolute Gasteiger partial charge is 0.408 e. The number of halogens is 1. The van der Waals surface area contributed by atoms with E-state index in [2.05, 4.69) is 31.8 Å². The monoisotopic (exact) mass is 491 g/mol. The molecule has 0 bridgehead atoms. The number of hydrogen-bond acceptors (Lipinski definition) is 6. The summed E-state index contributed by atoms with van der Waals surface area (Å²) in [5.74, 6) is -0.583. The van der Waals surface area contributed by atoms with Crippen molar-refractivity contribution < 1.29 is 24.2 Å². The van der Waals surface area contributed by atoms with Gasteiger partial charge in [0.2, 0.25) is 0 Å². The van der Waals surface area contributed by atoms with E-state index < -0.39 is 23.6 Å². The van der Waals surface area contributed by atoms with Gasteiger partial charge in [-0.25, -0.2) is 10.2 Å². The number of benzene rings is 2. The van der Waals surface area contributed by atoms with Crippen molar-refractivity contribution >= 4 is 34.1 Å². The third kappa shape index (κ3) is 9.18. The number of carbonyl (C=O) groups excluding carboxylic acids is 2. The van der Waals surface area contributed by atoms with Crippen molar-refractivity contribution in [2.75, 3.05) is 6.61 Å². The zero-order valence-electron chi connectivity index (χ0n) is 17.6. The Labute approximate surface area is 189 Å². The van der Waals surface area contributed by atoms with Crippen molar-refractivity contribution in [3.05, 3.63) is 64.1 Å². The van der Waals surface area contributed by atoms with Crippen LogP contribution in [0.2, 0.25) is 0 Å². The summed E-state index contributed by atoms with van der Waals surface area (Å²) in [7, 11) is 0. The number of amides is 2. The minimum Gasteiger partial charge on any atom is -0.507 e. The van der Waals surface area contributed by atoms with Crippen molar-refractivity contribution in [1.29, 1.82) is 0 Å². The van der Waals surface area contributed by atoms with Crippen LogP contribution >= 0.6 is 15.9 Å². The molecule has 2 amide bonds. The van der Waals surface area contributed by atoms with E-state index in [0.717, 1.165) is 10.0 Å². The molecule has 31 heavy (non-hydrogen) atoms. The van der Waals surface area contributed by atoms with Crippen LogP contribution in [0.4, 0.5) is 4.79 Å². The molecular formula is C22H26BrN3O5. The summed E-state index contributed by atoms with van der Waals surface area (Å²) in [6.07, 6.45) is 0.553. The Morgan fingerprint density at radius 2 is 1.90 bits per heavy atom. The van der Waals surface area contributed by atoms with Gasteiger partial charge in [-0.15, -0.1) is 0 Å². The standard InChI is InChI=1S/C22H26BrN3O5/c1-22(2,3)31-21(29)25-18(14-30-13-15-7-5-4-6-8-15)20(28)26-24-12-16-11-17(23)9-10-19(16)27/h4-12,18,27H,13-14H2,1-3H3,(H,25,29)(H,26,28)/b24-12-/t18-/m0/s1. The fourth-order valence-electron chi connectivity index (χ4n) is 2.37. The minimum atomic E-state index is -1.04. The third-order valence-corrected chi connectivity index (χ3v) is 4.26. The van der Waals surface area contributed by atoms with E-state index >= 15 is 0 Å². The zero-order valence-corrected chi connectivity index (χ0v) is 19.2. The van der Waals surface area contributed by atoms with E-state index in [9.17, 15) is 14.7 Å². The Morgan fingerprint density at radius 1 is 1.19 bits per heavy atom. The van der Waals surface area contributed by atoms with Gasteiger partial charge in [0.25, 0.3) is 5.91 Å². The van der Waals surface area contributed by atoms with E-state index in [1.165, 1.54) is 12.3 Å². The van der Waals surface area contributed by atoms with Crippen molar-refractivity contribution in [2.24, 2.45) is 5.10 Å². The quantitative estimate of drug-likeness (QED) is 0.385. The summed E-state index contributed by atoms with van der Waals surface area (Å²) in [6, 6.07) is 13.2. The molecule has 3 N–H and O–H groups in total. The molecule has 0 aromatic heterocycles. The fourth-order valence-corrected chi connectivity index (χ4v) is 2.75. The van der Waals surface area contributed by atoms with Crippen LogP contribution in [0.15, 0.2) is 58.1 Å². The number of nitrogens with zero attached hydrogens (tertiary/aromatic N) is 1. The Hall–Kier alpha value is -2.91. The average molecular weight is 492 g/mol. The molecule has 0 aliphatic carbocycles. The number of nitrogens with one attached hydrogen (secondary N) is 2. The molecule has 0 saturated carbocycles. The van der Waals surface area contributed by atoms with E-state index in [0.29, 0.717) is 5.56 Å². The molecule has 0 saturated heterocycles. The van der Waals surface area contributed by atoms with Gasteiger partial charge in [-0.2, -0.15) is 5.10 Å². The fraction of sp³-hybridized carbons (Fsp3) is 0.318. The van der Waals surface area contributed by atoms with Crippen LogP contribution in [0.1, 0.15) is 31.9 Å². The molecular weight excluding hydrogens is 466 g/mol. The molecule has 1 atom stereocenters. The van der Waals surface area contributed by atoms with E-state index in [-0.39, 0.29) is 19.0 Å². The number of alkyl carbamates (subject to hydrolysis) is 1. The van der Waals surface area contributed by atoms with Crippen LogP contribution in [-0.2, 0) is 20.9 Å². The first kappa shape index (κ1) is 24.4. The Kier molecular flexibility index (Phi) is 9.02. The molecule has 9 heteroatoms. The zero-order chi connectivity index (χ0) is 22.9. The van der Waals surface area contributed by atoms with Crippen LogP contribution in [-0.4, -0.2) is 41.6 Å². The van der Waals surface area contributed by atoms with Crippen LogP contribution in [0, 0.1) is 0 Å². The Balaban J connectivity index is 2.00. The molecule has 0 fully saturated rings. The topological polar surface area (TPSA) is 109 Å². The maximum absolute atomic E-state index is 12.6. The third-order valence-electron chi connectivity index (χ3n) is 3.77. The van der Waals surface area contributed by atoms with Gasteiger partial charge in [0.1, 0.15) is 17.4 Å². The van der Waals surface area contributed by atoms with E-state index in [1.54, 1.807) is 32.9 Å². The lowest BCUT2D eigenvalue weighted by Gasteiger charge is -2.22. The van der Waals surface area contributed by atoms with Gasteiger partial charge in [0.05, 0.1) is 19.4 Å². The number of hydrazone groups is 1. The lowest BCUT2D eigenvalue weighted by molar-refractivity contribution is -0.124. The lowest BCUT2D eigenvalue weighted by atomic mass is 10.2. The van der Waals surface area contributed by atoms with Gasteiger partial charge >= 0.3 is 6.09 Å². The van der Waals surface area contributed by atoms with Gasteiger partial charge in [-0.05, 0) is 44.5 Å². The van der Waals surface area contributed by atoms with Gasteiger partial charge in [0, 0.05) is 10.0 Å². The van der Waals surface area contributed by atoms with Gasteiger partial charge in [-0.1, -0.05) is 46.3 Å². The number of carbonyl (C=O) groups is 2. The summed E-state index contributed by atoms with van der Waals surface area (Å²) >= 11 is 3.30. The van der Waals surface area contributed by atoms with Gasteiger partial charge in [-0.3, -0.25) is 4.79 Å². The number of rotatable bonds is 8. The summed E-state index contributed by atoms with van der Waals surface area (Å²) in [6.45, 7) is 5.36. The summed E-state index contributed by atoms with van der Waals surface area (Å²) in [5, 5.41) is 16.2. The Bertz CT molecular complexity index is 913. The summed E-state index contributed by atoms with van der Waals surface area (Å²) < 4.78 is 11.6. The highest BCUT2D eigenvalue weighted by Gasteiger charge is 2.24. The molecule has 0 radical (unpaired) electrons. The highest BCUT2D eigenvalue weighted by Crippen LogP contribution is 2.19. The molecule has 0 heterocycles. The molecule has 8 nitrogen and oxygen atoms in total. The van der Waals surface area contributed by atoms with Crippen LogP contribution in [0.5, 0.6) is 5.75 Å². The number of ether oxygens (including phenoxy) is 2. The number of phenols is 1. The van der Waals surface area contributed by atoms with Crippen molar-refractivity contribution in [1.82, 2.24) is 10.7 Å². The SMILES string of the molecule is CC(C)(C)OC(=O)N[C@@H](COCc1ccccc1)C(=O)N/N=C\c1cc(Br)ccc1O. The van der Waals surface area contributed by atoms with Crippen LogP contribution in [0.3, 0.4) is 0 Å². The Morgan fingerprint density at radius 3 is 2.58 bits per heavy atom. The molecule has 0 aliphatic heterocycles. The molecule has 0 spiro atoms. The predicted octanol–water partition coefficient (Wildman–Crippen LogP) is 3.71. The summed E-state index contributed by atoms with van der Waals surface area (Å²) in [5.41, 5.74) is 2.97. The second-order valence-electron chi connectivity index (χ2n) is 7.64. The predicted molar refractivity (Wildman–Crippen MR) is 121 cm³/mol. The van der Waals surface area contributed by atoms with Crippen molar-refractivity contribution in [2.45, 2.75) is 39.0 Å². The first-order valence-electron chi connectivity index (χ1n) is 9.56. The number of aromatic hydroxyl groups is 1. The maximum Gasteiger partial charge on any atom is 0.408 e. The molecule has 2 rings (SSSR count). The van der Waals surface area contributed by atoms with Crippen molar-refractivity contribution in [3.8, 4) is 5.75 Å². The van der Waals surface area contributed by atoms with Crippen LogP contribution in [0.25, 0.3) is 0 Å². The molecule has 2 aromatic carbocycles. The highest BCUT2D eigenvalue weighted by atomic mass is 79.9. The normalized spacial score (nSPS) is 12.4. The first-order valence-corrected chi connectivity index (χ1v) is 10.4. The lowest BCUT2D eigenvalue weighted by Crippen LogP contribution is -2.49. The minimum absolute atomic E-state index is 0.0100. The largest absolute Gasteiger partial charge is 0.507 e. The van der Waals surface area contributed by atoms with Crippen molar-refractivity contribution in [3.63, 3.8) is 0 Å². The van der Waals surface area contributed by atoms with Gasteiger partial charge < -0.3 is 19.9 Å². The highest BCUT2D eigenvalue weighted by molar-refractivity contribution is 9.10. The van der Waals surface area contributed by atoms with Crippen LogP contribution < -0.4 is 10.7 Å². The summed E-state index contributed by atoms with van der Waals surface area (Å²) in [4.78, 5) is 24.7. The average Bonchev–Trinajstić information content (AvgIpc) is 2.69. The second kappa shape index (κ2) is 11.5. The molecule has 2 aromatic rings. The number of hydrogen-bond donors (Lipinski definition) is 3. The van der Waals surface area contributed by atoms with E-state index in [4.69, 9.17) is 9.47 Å². The maximum atomic E-state index is 12.6. The second-order valence-corrected chi connectivity index (χ2v) is 8.55. The molecule has 0 aliphatic rings. The molecule has 166 valence electrons. The van der Waals surface area contributed by atoms with Gasteiger partial charge in [0.15, 0.2) is 0 Å². The first-order chi connectivity index (χ1) is 14.6.